The van der Waals surface area contributed by atoms with Crippen molar-refractivity contribution in [1.82, 2.24) is 9.97 Å². The van der Waals surface area contributed by atoms with Gasteiger partial charge in [0.25, 0.3) is 0 Å². The Morgan fingerprint density at radius 2 is 2.00 bits per heavy atom. The summed E-state index contributed by atoms with van der Waals surface area (Å²) in [6, 6.07) is 0. The lowest BCUT2D eigenvalue weighted by molar-refractivity contribution is -0.118. The van der Waals surface area contributed by atoms with Crippen LogP contribution in [0.15, 0.2) is 0 Å². The largest absolute Gasteiger partial charge is 0.373 e. The van der Waals surface area contributed by atoms with Crippen LogP contribution in [0.2, 0.25) is 0 Å². The van der Waals surface area contributed by atoms with Crippen molar-refractivity contribution in [3.63, 3.8) is 0 Å². The number of anilines is 2. The molecule has 4 N–H and O–H groups in total. The fraction of sp³-hybridized carbons (Fsp3) is 0.583. The van der Waals surface area contributed by atoms with E-state index in [1.54, 1.807) is 0 Å². The van der Waals surface area contributed by atoms with Crippen LogP contribution in [-0.2, 0) is 11.2 Å². The number of hydrogen-bond donors (Lipinski definition) is 3. The Kier molecular flexibility index (Phi) is 5.35. The second-order valence-corrected chi connectivity index (χ2v) is 4.06. The molecule has 0 aromatic carbocycles. The molecule has 18 heavy (non-hydrogen) atoms. The molecule has 1 aromatic heterocycles. The Balaban J connectivity index is 2.71. The van der Waals surface area contributed by atoms with Crippen molar-refractivity contribution >= 4 is 17.5 Å². The van der Waals surface area contributed by atoms with Crippen LogP contribution >= 0.6 is 0 Å². The summed E-state index contributed by atoms with van der Waals surface area (Å²) in [5, 5.41) is 6.27. The Morgan fingerprint density at radius 3 is 2.56 bits per heavy atom. The summed E-state index contributed by atoms with van der Waals surface area (Å²) in [5.41, 5.74) is 6.07. The number of primary amides is 1. The van der Waals surface area contributed by atoms with Crippen molar-refractivity contribution in [2.24, 2.45) is 5.73 Å². The molecule has 0 saturated heterocycles. The third-order valence-corrected chi connectivity index (χ3v) is 2.64. The van der Waals surface area contributed by atoms with Gasteiger partial charge in [0.2, 0.25) is 5.91 Å². The number of hydrogen-bond acceptors (Lipinski definition) is 5. The predicted octanol–water partition coefficient (Wildman–Crippen LogP) is 1.07. The van der Waals surface area contributed by atoms with Crippen LogP contribution in [0, 0.1) is 6.92 Å². The quantitative estimate of drug-likeness (QED) is 0.630. The lowest BCUT2D eigenvalue weighted by Gasteiger charge is -2.13. The van der Waals surface area contributed by atoms with E-state index in [4.69, 9.17) is 5.73 Å². The number of nitrogens with zero attached hydrogens (tertiary/aromatic N) is 2. The van der Waals surface area contributed by atoms with Crippen molar-refractivity contribution in [3.8, 4) is 0 Å². The van der Waals surface area contributed by atoms with E-state index in [1.165, 1.54) is 0 Å². The van der Waals surface area contributed by atoms with Crippen molar-refractivity contribution in [2.75, 3.05) is 24.2 Å². The predicted molar refractivity (Wildman–Crippen MR) is 72.6 cm³/mol. The number of nitrogens with two attached hydrogens (primary N) is 1. The van der Waals surface area contributed by atoms with E-state index < -0.39 is 0 Å². The maximum atomic E-state index is 10.6. The van der Waals surface area contributed by atoms with Gasteiger partial charge in [0.1, 0.15) is 17.5 Å². The van der Waals surface area contributed by atoms with Crippen LogP contribution in [-0.4, -0.2) is 29.5 Å². The zero-order valence-corrected chi connectivity index (χ0v) is 11.2. The van der Waals surface area contributed by atoms with Crippen LogP contribution in [0.4, 0.5) is 11.6 Å². The molecule has 1 rings (SSSR count). The summed E-state index contributed by atoms with van der Waals surface area (Å²) in [6.07, 6.45) is 1.87. The number of carbonyl (C=O) groups is 1. The number of carbonyl (C=O) groups excluding carboxylic acids is 1. The molecule has 0 aliphatic carbocycles. The van der Waals surface area contributed by atoms with Crippen LogP contribution in [0.5, 0.6) is 0 Å². The molecule has 6 nitrogen and oxygen atoms in total. The van der Waals surface area contributed by atoms with Gasteiger partial charge in [0.05, 0.1) is 0 Å². The molecule has 1 heterocycles. The van der Waals surface area contributed by atoms with Gasteiger partial charge in [-0.15, -0.1) is 0 Å². The Labute approximate surface area is 107 Å². The molecule has 0 aliphatic heterocycles. The number of aryl methyl sites for hydroxylation is 1. The van der Waals surface area contributed by atoms with E-state index in [0.29, 0.717) is 19.4 Å². The second kappa shape index (κ2) is 6.78. The normalized spacial score (nSPS) is 10.2. The van der Waals surface area contributed by atoms with E-state index in [2.05, 4.69) is 20.6 Å². The Morgan fingerprint density at radius 1 is 1.33 bits per heavy atom. The van der Waals surface area contributed by atoms with Crippen molar-refractivity contribution in [2.45, 2.75) is 33.1 Å². The van der Waals surface area contributed by atoms with Gasteiger partial charge < -0.3 is 16.4 Å². The summed E-state index contributed by atoms with van der Waals surface area (Å²) >= 11 is 0. The lowest BCUT2D eigenvalue weighted by atomic mass is 10.2. The molecule has 1 amide bonds. The average molecular weight is 251 g/mol. The number of nitrogens with one attached hydrogen (secondary N) is 2. The topological polar surface area (TPSA) is 92.9 Å². The Hall–Kier alpha value is -1.85. The average Bonchev–Trinajstić information content (AvgIpc) is 2.36. The molecule has 0 atom stereocenters. The van der Waals surface area contributed by atoms with Gasteiger partial charge in [-0.05, 0) is 13.3 Å². The minimum absolute atomic E-state index is 0.277. The van der Waals surface area contributed by atoms with Crippen LogP contribution in [0.3, 0.4) is 0 Å². The van der Waals surface area contributed by atoms with Crippen LogP contribution < -0.4 is 16.4 Å². The van der Waals surface area contributed by atoms with Crippen molar-refractivity contribution in [3.05, 3.63) is 11.4 Å². The zero-order valence-electron chi connectivity index (χ0n) is 11.2. The van der Waals surface area contributed by atoms with Gasteiger partial charge in [0.15, 0.2) is 0 Å². The molecular weight excluding hydrogens is 230 g/mol. The lowest BCUT2D eigenvalue weighted by Crippen LogP contribution is -2.14. The van der Waals surface area contributed by atoms with Gasteiger partial charge >= 0.3 is 0 Å². The van der Waals surface area contributed by atoms with Crippen molar-refractivity contribution in [1.29, 1.82) is 0 Å². The second-order valence-electron chi connectivity index (χ2n) is 4.06. The highest BCUT2D eigenvalue weighted by Crippen LogP contribution is 2.19. The van der Waals surface area contributed by atoms with Crippen molar-refractivity contribution < 1.29 is 4.79 Å². The number of amides is 1. The molecule has 0 bridgehead atoms. The first kappa shape index (κ1) is 14.2. The third kappa shape index (κ3) is 3.87. The highest BCUT2D eigenvalue weighted by molar-refractivity contribution is 5.73. The number of aromatic nitrogens is 2. The molecule has 0 radical (unpaired) electrons. The highest BCUT2D eigenvalue weighted by Gasteiger charge is 2.08. The summed E-state index contributed by atoms with van der Waals surface area (Å²) in [6.45, 7) is 4.65. The van der Waals surface area contributed by atoms with Gasteiger partial charge in [0, 0.05) is 32.0 Å². The molecule has 100 valence electrons. The molecule has 1 aromatic rings. The molecular formula is C12H21N5O. The fourth-order valence-electron chi connectivity index (χ4n) is 1.61. The minimum Gasteiger partial charge on any atom is -0.373 e. The number of rotatable bonds is 7. The molecule has 6 heteroatoms. The molecule has 0 unspecified atom stereocenters. The summed E-state index contributed by atoms with van der Waals surface area (Å²) in [7, 11) is 1.84. The first-order valence-corrected chi connectivity index (χ1v) is 6.15. The molecule has 0 spiro atoms. The highest BCUT2D eigenvalue weighted by atomic mass is 16.1. The van der Waals surface area contributed by atoms with E-state index in [1.807, 2.05) is 20.9 Å². The maximum absolute atomic E-state index is 10.6. The summed E-state index contributed by atoms with van der Waals surface area (Å²) in [5.74, 6) is 2.17. The zero-order chi connectivity index (χ0) is 13.5. The van der Waals surface area contributed by atoms with E-state index in [-0.39, 0.29) is 5.91 Å². The van der Waals surface area contributed by atoms with Crippen LogP contribution in [0.25, 0.3) is 0 Å². The third-order valence-electron chi connectivity index (χ3n) is 2.64. The van der Waals surface area contributed by atoms with Gasteiger partial charge in [-0.25, -0.2) is 9.97 Å². The standard InChI is InChI=1S/C12H21N5O/c1-4-10-16-11(14-3)8(2)12(17-10)15-7-5-6-9(13)18/h4-7H2,1-3H3,(H2,13,18)(H2,14,15,16,17). The molecule has 0 saturated carbocycles. The van der Waals surface area contributed by atoms with E-state index >= 15 is 0 Å². The van der Waals surface area contributed by atoms with E-state index in [0.717, 1.165) is 29.4 Å². The molecule has 0 fully saturated rings. The summed E-state index contributed by atoms with van der Waals surface area (Å²) < 4.78 is 0. The van der Waals surface area contributed by atoms with E-state index in [9.17, 15) is 4.79 Å². The first-order chi connectivity index (χ1) is 8.58. The fourth-order valence-corrected chi connectivity index (χ4v) is 1.61. The van der Waals surface area contributed by atoms with Gasteiger partial charge in [-0.1, -0.05) is 6.92 Å². The van der Waals surface area contributed by atoms with Gasteiger partial charge in [-0.2, -0.15) is 0 Å². The van der Waals surface area contributed by atoms with Gasteiger partial charge in [-0.3, -0.25) is 4.79 Å². The smallest absolute Gasteiger partial charge is 0.217 e. The van der Waals surface area contributed by atoms with Crippen LogP contribution in [0.1, 0.15) is 31.2 Å². The summed E-state index contributed by atoms with van der Waals surface area (Å²) in [4.78, 5) is 19.5. The first-order valence-electron chi connectivity index (χ1n) is 6.15. The SMILES string of the molecule is CCc1nc(NC)c(C)c(NCCCC(N)=O)n1. The monoisotopic (exact) mass is 251 g/mol. The molecule has 0 aliphatic rings. The maximum Gasteiger partial charge on any atom is 0.217 e. The Bertz CT molecular complexity index is 419. The minimum atomic E-state index is -0.277.